The van der Waals surface area contributed by atoms with Crippen molar-refractivity contribution in [1.29, 1.82) is 0 Å². The summed E-state index contributed by atoms with van der Waals surface area (Å²) in [7, 11) is 0. The quantitative estimate of drug-likeness (QED) is 0.201. The van der Waals surface area contributed by atoms with E-state index >= 15 is 0 Å². The first-order valence-electron chi connectivity index (χ1n) is 13.9. The Morgan fingerprint density at radius 3 is 2.35 bits per heavy atom. The third-order valence-electron chi connectivity index (χ3n) is 7.70. The molecule has 202 valence electrons. The van der Waals surface area contributed by atoms with Crippen molar-refractivity contribution in [1.82, 2.24) is 4.90 Å². The molecule has 0 fully saturated rings. The predicted molar refractivity (Wildman–Crippen MR) is 157 cm³/mol. The summed E-state index contributed by atoms with van der Waals surface area (Å²) >= 11 is 0. The lowest BCUT2D eigenvalue weighted by molar-refractivity contribution is -0.136. The molecule has 0 radical (unpaired) electrons. The van der Waals surface area contributed by atoms with Crippen LogP contribution in [0.5, 0.6) is 5.75 Å². The largest absolute Gasteiger partial charge is 0.493 e. The normalized spacial score (nSPS) is 12.7. The highest BCUT2D eigenvalue weighted by molar-refractivity contribution is 5.80. The fourth-order valence-corrected chi connectivity index (χ4v) is 5.74. The van der Waals surface area contributed by atoms with E-state index in [0.29, 0.717) is 0 Å². The first-order chi connectivity index (χ1) is 19.6. The monoisotopic (exact) mass is 531 g/mol. The van der Waals surface area contributed by atoms with Crippen molar-refractivity contribution in [3.63, 3.8) is 0 Å². The van der Waals surface area contributed by atoms with Crippen molar-refractivity contribution in [3.05, 3.63) is 137 Å². The molecule has 5 heteroatoms. The average molecular weight is 532 g/mol. The van der Waals surface area contributed by atoms with Gasteiger partial charge in [0, 0.05) is 49.3 Å². The Labute approximate surface area is 234 Å². The van der Waals surface area contributed by atoms with Crippen LogP contribution in [0.2, 0.25) is 0 Å². The molecule has 5 aromatic rings. The van der Waals surface area contributed by atoms with Gasteiger partial charge in [0.25, 0.3) is 0 Å². The fourth-order valence-electron chi connectivity index (χ4n) is 5.74. The van der Waals surface area contributed by atoms with E-state index in [1.54, 1.807) is 0 Å². The van der Waals surface area contributed by atoms with E-state index in [0.717, 1.165) is 67.1 Å². The van der Waals surface area contributed by atoms with Gasteiger partial charge < -0.3 is 14.3 Å². The summed E-state index contributed by atoms with van der Waals surface area (Å²) in [6.07, 6.45) is 1.71. The number of hydrogen-bond acceptors (Lipinski definition) is 4. The maximum Gasteiger partial charge on any atom is 0.307 e. The van der Waals surface area contributed by atoms with Gasteiger partial charge in [-0.15, -0.1) is 0 Å². The molecule has 0 amide bonds. The van der Waals surface area contributed by atoms with Gasteiger partial charge in [0.1, 0.15) is 17.1 Å². The van der Waals surface area contributed by atoms with E-state index in [1.807, 2.05) is 24.3 Å². The van der Waals surface area contributed by atoms with Crippen LogP contribution >= 0.6 is 0 Å². The predicted octanol–water partition coefficient (Wildman–Crippen LogP) is 6.87. The van der Waals surface area contributed by atoms with Crippen molar-refractivity contribution < 1.29 is 19.1 Å². The number of benzene rings is 4. The second kappa shape index (κ2) is 11.8. The third kappa shape index (κ3) is 5.95. The molecule has 1 aromatic heterocycles. The number of aliphatic carboxylic acids is 1. The van der Waals surface area contributed by atoms with Crippen LogP contribution in [0.3, 0.4) is 0 Å². The number of fused-ring (bicyclic) bond motifs is 2. The number of carboxylic acid groups (broad SMARTS) is 1. The smallest absolute Gasteiger partial charge is 0.307 e. The van der Waals surface area contributed by atoms with E-state index in [4.69, 9.17) is 14.3 Å². The van der Waals surface area contributed by atoms with Gasteiger partial charge in [-0.3, -0.25) is 9.69 Å². The Balaban J connectivity index is 1.28. The highest BCUT2D eigenvalue weighted by Gasteiger charge is 2.22. The van der Waals surface area contributed by atoms with Crippen molar-refractivity contribution in [3.8, 4) is 5.75 Å². The Morgan fingerprint density at radius 1 is 0.875 bits per heavy atom. The molecular formula is C35H33NO4. The molecule has 5 nitrogen and oxygen atoms in total. The van der Waals surface area contributed by atoms with E-state index in [2.05, 4.69) is 83.8 Å². The topological polar surface area (TPSA) is 62.9 Å². The van der Waals surface area contributed by atoms with Gasteiger partial charge in [0.15, 0.2) is 0 Å². The molecule has 0 saturated carbocycles. The zero-order valence-electron chi connectivity index (χ0n) is 22.5. The van der Waals surface area contributed by atoms with Crippen LogP contribution in [0.25, 0.3) is 11.0 Å². The lowest BCUT2D eigenvalue weighted by Gasteiger charge is -2.29. The maximum atomic E-state index is 11.2. The summed E-state index contributed by atoms with van der Waals surface area (Å²) in [6, 6.07) is 35.6. The van der Waals surface area contributed by atoms with Crippen LogP contribution in [-0.4, -0.2) is 35.7 Å². The minimum absolute atomic E-state index is 0.00800. The van der Waals surface area contributed by atoms with E-state index in [1.165, 1.54) is 22.3 Å². The zero-order valence-corrected chi connectivity index (χ0v) is 22.5. The zero-order chi connectivity index (χ0) is 27.3. The van der Waals surface area contributed by atoms with Crippen LogP contribution in [0.1, 0.15) is 39.5 Å². The lowest BCUT2D eigenvalue weighted by Crippen LogP contribution is -2.31. The van der Waals surface area contributed by atoms with Crippen LogP contribution < -0.4 is 4.74 Å². The van der Waals surface area contributed by atoms with Crippen LogP contribution in [-0.2, 0) is 30.6 Å². The molecule has 0 bridgehead atoms. The van der Waals surface area contributed by atoms with Crippen molar-refractivity contribution in [2.45, 2.75) is 31.7 Å². The first kappa shape index (κ1) is 25.9. The summed E-state index contributed by atoms with van der Waals surface area (Å²) < 4.78 is 12.2. The summed E-state index contributed by atoms with van der Waals surface area (Å²) in [4.78, 5) is 13.7. The minimum atomic E-state index is -0.832. The Morgan fingerprint density at radius 2 is 1.62 bits per heavy atom. The number of rotatable bonds is 11. The molecule has 40 heavy (non-hydrogen) atoms. The van der Waals surface area contributed by atoms with Gasteiger partial charge in [-0.25, -0.2) is 0 Å². The number of hydrogen-bond donors (Lipinski definition) is 1. The molecule has 2 heterocycles. The summed E-state index contributed by atoms with van der Waals surface area (Å²) in [5.41, 5.74) is 6.66. The van der Waals surface area contributed by atoms with Gasteiger partial charge in [-0.2, -0.15) is 0 Å². The number of para-hydroxylation sites is 1. The molecule has 1 aliphatic heterocycles. The van der Waals surface area contributed by atoms with E-state index in [9.17, 15) is 4.79 Å². The van der Waals surface area contributed by atoms with Gasteiger partial charge in [0.05, 0.1) is 13.0 Å². The molecule has 1 N–H and O–H groups in total. The summed E-state index contributed by atoms with van der Waals surface area (Å²) in [5, 5.41) is 10.1. The standard InChI is InChI=1S/C35H33NO4/c37-34(38)21-25-14-15-33-30(20-25)22-31(40-33)16-18-36(23-29-13-7-12-28-17-19-39-35(28)29)24-32(26-8-3-1-4-9-26)27-10-5-2-6-11-27/h1-15,20,22,32H,16-19,21,23-24H2,(H,37,38). The average Bonchev–Trinajstić information content (AvgIpc) is 3.62. The van der Waals surface area contributed by atoms with Gasteiger partial charge >= 0.3 is 5.97 Å². The molecule has 4 aromatic carbocycles. The molecule has 0 aliphatic carbocycles. The summed E-state index contributed by atoms with van der Waals surface area (Å²) in [6.45, 7) is 3.18. The fraction of sp³-hybridized carbons (Fsp3) is 0.229. The van der Waals surface area contributed by atoms with Crippen molar-refractivity contribution in [2.24, 2.45) is 0 Å². The molecule has 1 aliphatic rings. The highest BCUT2D eigenvalue weighted by atomic mass is 16.5. The molecule has 0 spiro atoms. The summed E-state index contributed by atoms with van der Waals surface area (Å²) in [5.74, 6) is 1.33. The molecule has 0 unspecified atom stereocenters. The number of furan rings is 1. The molecule has 0 saturated heterocycles. The van der Waals surface area contributed by atoms with E-state index in [-0.39, 0.29) is 12.3 Å². The van der Waals surface area contributed by atoms with Crippen LogP contribution in [0, 0.1) is 0 Å². The second-order valence-corrected chi connectivity index (χ2v) is 10.5. The van der Waals surface area contributed by atoms with Crippen LogP contribution in [0.4, 0.5) is 0 Å². The number of carbonyl (C=O) groups is 1. The first-order valence-corrected chi connectivity index (χ1v) is 13.9. The molecule has 0 atom stereocenters. The molecule has 6 rings (SSSR count). The van der Waals surface area contributed by atoms with Crippen molar-refractivity contribution in [2.75, 3.05) is 19.7 Å². The van der Waals surface area contributed by atoms with Crippen LogP contribution in [0.15, 0.2) is 108 Å². The number of nitrogens with zero attached hydrogens (tertiary/aromatic N) is 1. The third-order valence-corrected chi connectivity index (χ3v) is 7.70. The Bertz CT molecular complexity index is 1550. The SMILES string of the molecule is O=C(O)Cc1ccc2oc(CCN(Cc3cccc4c3OCC4)CC(c3ccccc3)c3ccccc3)cc2c1. The number of carboxylic acids is 1. The van der Waals surface area contributed by atoms with Crippen molar-refractivity contribution >= 4 is 16.9 Å². The second-order valence-electron chi connectivity index (χ2n) is 10.5. The Hall–Kier alpha value is -4.35. The molecular weight excluding hydrogens is 498 g/mol. The minimum Gasteiger partial charge on any atom is -0.493 e. The maximum absolute atomic E-state index is 11.2. The Kier molecular flexibility index (Phi) is 7.64. The lowest BCUT2D eigenvalue weighted by atomic mass is 9.90. The van der Waals surface area contributed by atoms with Gasteiger partial charge in [-0.1, -0.05) is 84.9 Å². The number of ether oxygens (including phenoxy) is 1. The van der Waals surface area contributed by atoms with E-state index < -0.39 is 5.97 Å². The van der Waals surface area contributed by atoms with Gasteiger partial charge in [-0.05, 0) is 40.5 Å². The van der Waals surface area contributed by atoms with Gasteiger partial charge in [0.2, 0.25) is 0 Å². The highest BCUT2D eigenvalue weighted by Crippen LogP contribution is 2.32.